The van der Waals surface area contributed by atoms with Gasteiger partial charge in [-0.15, -0.1) is 0 Å². The van der Waals surface area contributed by atoms with Crippen LogP contribution in [0.5, 0.6) is 0 Å². The SMILES string of the molecule is CC1(C)CC1Cn1cncc1-c1cnccc1N. The monoisotopic (exact) mass is 242 g/mol. The van der Waals surface area contributed by atoms with Gasteiger partial charge in [-0.25, -0.2) is 4.98 Å². The summed E-state index contributed by atoms with van der Waals surface area (Å²) in [5.41, 5.74) is 9.25. The molecule has 1 fully saturated rings. The maximum atomic E-state index is 6.00. The first-order valence-corrected chi connectivity index (χ1v) is 6.28. The number of nitrogens with two attached hydrogens (primary N) is 1. The van der Waals surface area contributed by atoms with Gasteiger partial charge in [0.05, 0.1) is 18.2 Å². The van der Waals surface area contributed by atoms with Crippen molar-refractivity contribution >= 4 is 5.69 Å². The zero-order valence-electron chi connectivity index (χ0n) is 10.8. The molecular formula is C14H18N4. The van der Waals surface area contributed by atoms with Gasteiger partial charge in [0.25, 0.3) is 0 Å². The van der Waals surface area contributed by atoms with Crippen LogP contribution in [0.1, 0.15) is 20.3 Å². The largest absolute Gasteiger partial charge is 0.398 e. The standard InChI is InChI=1S/C14H18N4/c1-14(2)5-10(14)8-18-9-17-7-13(18)11-6-16-4-3-12(11)15/h3-4,6-7,9-10H,5,8H2,1-2H3,(H2,15,16). The smallest absolute Gasteiger partial charge is 0.0951 e. The summed E-state index contributed by atoms with van der Waals surface area (Å²) in [6, 6.07) is 1.83. The number of aromatic nitrogens is 3. The fourth-order valence-electron chi connectivity index (χ4n) is 2.43. The summed E-state index contributed by atoms with van der Waals surface area (Å²) in [5, 5.41) is 0. The first-order valence-electron chi connectivity index (χ1n) is 6.28. The van der Waals surface area contributed by atoms with E-state index in [-0.39, 0.29) is 0 Å². The molecule has 0 amide bonds. The fraction of sp³-hybridized carbons (Fsp3) is 0.429. The van der Waals surface area contributed by atoms with Gasteiger partial charge in [-0.05, 0) is 23.8 Å². The Kier molecular flexibility index (Phi) is 2.40. The van der Waals surface area contributed by atoms with E-state index in [2.05, 4.69) is 28.4 Å². The molecule has 1 aliphatic carbocycles. The molecule has 0 aromatic carbocycles. The predicted molar refractivity (Wildman–Crippen MR) is 71.8 cm³/mol. The Labute approximate surface area is 107 Å². The number of anilines is 1. The van der Waals surface area contributed by atoms with E-state index in [1.54, 1.807) is 12.4 Å². The zero-order valence-corrected chi connectivity index (χ0v) is 10.8. The van der Waals surface area contributed by atoms with Crippen molar-refractivity contribution in [3.8, 4) is 11.3 Å². The molecule has 0 spiro atoms. The molecule has 0 saturated heterocycles. The Morgan fingerprint density at radius 2 is 2.17 bits per heavy atom. The Balaban J connectivity index is 1.90. The van der Waals surface area contributed by atoms with Crippen LogP contribution in [-0.2, 0) is 6.54 Å². The van der Waals surface area contributed by atoms with Crippen LogP contribution in [0.2, 0.25) is 0 Å². The minimum atomic E-state index is 0.474. The Bertz CT molecular complexity index is 571. The molecule has 2 N–H and O–H groups in total. The lowest BCUT2D eigenvalue weighted by Crippen LogP contribution is -2.05. The van der Waals surface area contributed by atoms with Gasteiger partial charge < -0.3 is 10.3 Å². The molecule has 0 aliphatic heterocycles. The van der Waals surface area contributed by atoms with Crippen molar-refractivity contribution < 1.29 is 0 Å². The van der Waals surface area contributed by atoms with Crippen molar-refractivity contribution in [3.63, 3.8) is 0 Å². The Morgan fingerprint density at radius 1 is 1.39 bits per heavy atom. The van der Waals surface area contributed by atoms with E-state index in [1.807, 2.05) is 18.6 Å². The maximum absolute atomic E-state index is 6.00. The van der Waals surface area contributed by atoms with Crippen molar-refractivity contribution in [1.29, 1.82) is 0 Å². The van der Waals surface area contributed by atoms with Crippen LogP contribution in [0.25, 0.3) is 11.3 Å². The lowest BCUT2D eigenvalue weighted by atomic mass is 10.1. The number of hydrogen-bond acceptors (Lipinski definition) is 3. The normalized spacial score (nSPS) is 20.9. The van der Waals surface area contributed by atoms with Crippen LogP contribution >= 0.6 is 0 Å². The topological polar surface area (TPSA) is 56.7 Å². The van der Waals surface area contributed by atoms with E-state index in [1.165, 1.54) is 6.42 Å². The first-order chi connectivity index (χ1) is 8.58. The molecule has 18 heavy (non-hydrogen) atoms. The Hall–Kier alpha value is -1.84. The molecule has 2 aromatic heterocycles. The van der Waals surface area contributed by atoms with Crippen molar-refractivity contribution in [3.05, 3.63) is 31.0 Å². The second-order valence-corrected chi connectivity index (χ2v) is 5.78. The molecule has 0 radical (unpaired) electrons. The third-order valence-corrected chi connectivity index (χ3v) is 3.98. The quantitative estimate of drug-likeness (QED) is 0.900. The summed E-state index contributed by atoms with van der Waals surface area (Å²) in [7, 11) is 0. The van der Waals surface area contributed by atoms with Crippen molar-refractivity contribution in [1.82, 2.24) is 14.5 Å². The second-order valence-electron chi connectivity index (χ2n) is 5.78. The van der Waals surface area contributed by atoms with Gasteiger partial charge in [-0.1, -0.05) is 13.8 Å². The zero-order chi connectivity index (χ0) is 12.8. The van der Waals surface area contributed by atoms with Crippen LogP contribution in [0, 0.1) is 11.3 Å². The third-order valence-electron chi connectivity index (χ3n) is 3.98. The van der Waals surface area contributed by atoms with Gasteiger partial charge in [0.15, 0.2) is 0 Å². The van der Waals surface area contributed by atoms with Crippen LogP contribution in [0.15, 0.2) is 31.0 Å². The molecule has 1 atom stereocenters. The highest BCUT2D eigenvalue weighted by Crippen LogP contribution is 2.52. The van der Waals surface area contributed by atoms with Gasteiger partial charge in [-0.2, -0.15) is 0 Å². The number of rotatable bonds is 3. The first kappa shape index (κ1) is 11.3. The van der Waals surface area contributed by atoms with Crippen LogP contribution in [0.3, 0.4) is 0 Å². The van der Waals surface area contributed by atoms with Crippen molar-refractivity contribution in [2.75, 3.05) is 5.73 Å². The minimum absolute atomic E-state index is 0.474. The van der Waals surface area contributed by atoms with E-state index in [0.29, 0.717) is 5.41 Å². The number of hydrogen-bond donors (Lipinski definition) is 1. The molecule has 1 aliphatic rings. The molecule has 3 rings (SSSR count). The average molecular weight is 242 g/mol. The van der Waals surface area contributed by atoms with E-state index >= 15 is 0 Å². The number of pyridine rings is 1. The van der Waals surface area contributed by atoms with E-state index < -0.39 is 0 Å². The highest BCUT2D eigenvalue weighted by atomic mass is 15.1. The second kappa shape index (κ2) is 3.83. The summed E-state index contributed by atoms with van der Waals surface area (Å²) >= 11 is 0. The number of imidazole rings is 1. The summed E-state index contributed by atoms with van der Waals surface area (Å²) in [6.07, 6.45) is 8.55. The van der Waals surface area contributed by atoms with Crippen LogP contribution < -0.4 is 5.73 Å². The van der Waals surface area contributed by atoms with Gasteiger partial charge in [0.1, 0.15) is 0 Å². The Morgan fingerprint density at radius 3 is 2.83 bits per heavy atom. The van der Waals surface area contributed by atoms with Crippen molar-refractivity contribution in [2.24, 2.45) is 11.3 Å². The highest BCUT2D eigenvalue weighted by Gasteiger charge is 2.45. The van der Waals surface area contributed by atoms with Gasteiger partial charge in [0.2, 0.25) is 0 Å². The molecule has 1 saturated carbocycles. The molecule has 1 unspecified atom stereocenters. The number of nitrogen functional groups attached to an aromatic ring is 1. The van der Waals surface area contributed by atoms with Gasteiger partial charge >= 0.3 is 0 Å². The highest BCUT2D eigenvalue weighted by molar-refractivity contribution is 5.72. The average Bonchev–Trinajstić information content (AvgIpc) is 2.74. The number of nitrogens with zero attached hydrogens (tertiary/aromatic N) is 3. The third kappa shape index (κ3) is 1.88. The molecule has 0 bridgehead atoms. The lowest BCUT2D eigenvalue weighted by molar-refractivity contribution is 0.500. The fourth-order valence-corrected chi connectivity index (χ4v) is 2.43. The van der Waals surface area contributed by atoms with Crippen LogP contribution in [-0.4, -0.2) is 14.5 Å². The summed E-state index contributed by atoms with van der Waals surface area (Å²) < 4.78 is 2.19. The predicted octanol–water partition coefficient (Wildman–Crippen LogP) is 2.57. The maximum Gasteiger partial charge on any atom is 0.0951 e. The molecule has 4 heteroatoms. The summed E-state index contributed by atoms with van der Waals surface area (Å²) in [5.74, 6) is 0.739. The molecular weight excluding hydrogens is 224 g/mol. The van der Waals surface area contributed by atoms with E-state index in [4.69, 9.17) is 5.73 Å². The van der Waals surface area contributed by atoms with Gasteiger partial charge in [0, 0.05) is 30.2 Å². The molecule has 2 aromatic rings. The van der Waals surface area contributed by atoms with E-state index in [0.717, 1.165) is 29.4 Å². The van der Waals surface area contributed by atoms with Crippen LogP contribution in [0.4, 0.5) is 5.69 Å². The molecule has 4 nitrogen and oxygen atoms in total. The van der Waals surface area contributed by atoms with Crippen molar-refractivity contribution in [2.45, 2.75) is 26.8 Å². The minimum Gasteiger partial charge on any atom is -0.398 e. The van der Waals surface area contributed by atoms with Gasteiger partial charge in [-0.3, -0.25) is 4.98 Å². The molecule has 94 valence electrons. The summed E-state index contributed by atoms with van der Waals surface area (Å²) in [4.78, 5) is 8.39. The van der Waals surface area contributed by atoms with E-state index in [9.17, 15) is 0 Å². The summed E-state index contributed by atoms with van der Waals surface area (Å²) in [6.45, 7) is 5.63. The molecule has 2 heterocycles. The lowest BCUT2D eigenvalue weighted by Gasteiger charge is -2.10.